The van der Waals surface area contributed by atoms with Gasteiger partial charge < -0.3 is 10.4 Å². The summed E-state index contributed by atoms with van der Waals surface area (Å²) in [6.07, 6.45) is -0.514. The molecule has 1 saturated carbocycles. The van der Waals surface area contributed by atoms with E-state index < -0.39 is 12.0 Å². The fourth-order valence-electron chi connectivity index (χ4n) is 2.94. The van der Waals surface area contributed by atoms with E-state index in [9.17, 15) is 13.6 Å². The zero-order chi connectivity index (χ0) is 12.8. The van der Waals surface area contributed by atoms with Crippen molar-refractivity contribution in [1.29, 1.82) is 0 Å². The Bertz CT molecular complexity index is 333. The first-order chi connectivity index (χ1) is 7.72. The number of nitrogens with zero attached hydrogens (tertiary/aromatic N) is 1. The van der Waals surface area contributed by atoms with Crippen LogP contribution in [0.2, 0.25) is 0 Å². The van der Waals surface area contributed by atoms with Gasteiger partial charge in [0.15, 0.2) is 0 Å². The molecule has 6 heteroatoms. The van der Waals surface area contributed by atoms with Crippen LogP contribution in [0.25, 0.3) is 0 Å². The van der Waals surface area contributed by atoms with Crippen LogP contribution in [0.3, 0.4) is 0 Å². The molecule has 17 heavy (non-hydrogen) atoms. The normalized spacial score (nSPS) is 35.3. The molecule has 0 spiro atoms. The van der Waals surface area contributed by atoms with E-state index in [1.165, 1.54) is 0 Å². The van der Waals surface area contributed by atoms with Gasteiger partial charge in [0, 0.05) is 30.5 Å². The number of carbonyl (C=O) groups is 1. The predicted octanol–water partition coefficient (Wildman–Crippen LogP) is 1.76. The molecule has 1 aliphatic heterocycles. The Kier molecular flexibility index (Phi) is 2.80. The van der Waals surface area contributed by atoms with E-state index in [0.29, 0.717) is 13.0 Å². The summed E-state index contributed by atoms with van der Waals surface area (Å²) in [6.45, 7) is 4.07. The lowest BCUT2D eigenvalue weighted by atomic mass is 9.62. The predicted molar refractivity (Wildman–Crippen MR) is 58.3 cm³/mol. The van der Waals surface area contributed by atoms with Gasteiger partial charge in [-0.15, -0.1) is 0 Å². The summed E-state index contributed by atoms with van der Waals surface area (Å²) in [5.74, 6) is -2.58. The maximum absolute atomic E-state index is 13.1. The topological polar surface area (TPSA) is 52.6 Å². The van der Waals surface area contributed by atoms with Gasteiger partial charge in [-0.3, -0.25) is 4.90 Å². The van der Waals surface area contributed by atoms with Crippen LogP contribution >= 0.6 is 0 Å². The minimum atomic E-state index is -2.58. The van der Waals surface area contributed by atoms with Crippen LogP contribution in [0, 0.1) is 5.41 Å². The zero-order valence-electron chi connectivity index (χ0n) is 10.0. The molecule has 0 aromatic rings. The largest absolute Gasteiger partial charge is 0.465 e. The molecule has 0 radical (unpaired) electrons. The Morgan fingerprint density at radius 3 is 2.53 bits per heavy atom. The Labute approximate surface area is 99.0 Å². The van der Waals surface area contributed by atoms with Crippen molar-refractivity contribution >= 4 is 6.09 Å². The van der Waals surface area contributed by atoms with Crippen molar-refractivity contribution in [3.63, 3.8) is 0 Å². The SMILES string of the molecule is CC1(C)C(NC(=O)O)CC1N1CCC(F)(F)C1. The summed E-state index contributed by atoms with van der Waals surface area (Å²) in [7, 11) is 0. The number of hydrogen-bond donors (Lipinski definition) is 2. The number of nitrogens with one attached hydrogen (secondary N) is 1. The van der Waals surface area contributed by atoms with Crippen LogP contribution in [-0.2, 0) is 0 Å². The third-order valence-electron chi connectivity index (χ3n) is 4.15. The van der Waals surface area contributed by atoms with Crippen LogP contribution in [-0.4, -0.2) is 47.2 Å². The standard InChI is InChI=1S/C11H18F2N2O2/c1-10(2)7(14-9(16)17)5-8(10)15-4-3-11(12,13)6-15/h7-8,14H,3-6H2,1-2H3,(H,16,17). The Hall–Kier alpha value is -0.910. The smallest absolute Gasteiger partial charge is 0.404 e. The summed E-state index contributed by atoms with van der Waals surface area (Å²) < 4.78 is 26.2. The minimum Gasteiger partial charge on any atom is -0.465 e. The quantitative estimate of drug-likeness (QED) is 0.783. The summed E-state index contributed by atoms with van der Waals surface area (Å²) in [5.41, 5.74) is -0.279. The highest BCUT2D eigenvalue weighted by atomic mass is 19.3. The number of alkyl halides is 2. The molecule has 98 valence electrons. The maximum Gasteiger partial charge on any atom is 0.404 e. The van der Waals surface area contributed by atoms with E-state index in [4.69, 9.17) is 5.11 Å². The maximum atomic E-state index is 13.1. The molecule has 2 fully saturated rings. The first-order valence-corrected chi connectivity index (χ1v) is 5.84. The third kappa shape index (κ3) is 2.22. The Morgan fingerprint density at radius 2 is 2.12 bits per heavy atom. The minimum absolute atomic E-state index is 0.0488. The second-order valence-corrected chi connectivity index (χ2v) is 5.65. The molecule has 0 aromatic heterocycles. The first-order valence-electron chi connectivity index (χ1n) is 5.84. The van der Waals surface area contributed by atoms with E-state index in [1.807, 2.05) is 13.8 Å². The number of amides is 1. The molecular weight excluding hydrogens is 230 g/mol. The van der Waals surface area contributed by atoms with Crippen molar-refractivity contribution < 1.29 is 18.7 Å². The molecule has 2 rings (SSSR count). The highest BCUT2D eigenvalue weighted by molar-refractivity contribution is 5.65. The van der Waals surface area contributed by atoms with Gasteiger partial charge in [-0.05, 0) is 6.42 Å². The van der Waals surface area contributed by atoms with E-state index in [0.717, 1.165) is 0 Å². The van der Waals surface area contributed by atoms with Crippen LogP contribution in [0.15, 0.2) is 0 Å². The molecular formula is C11H18F2N2O2. The molecule has 0 aromatic carbocycles. The molecule has 1 amide bonds. The lowest BCUT2D eigenvalue weighted by Gasteiger charge is -2.55. The first kappa shape index (κ1) is 12.5. The van der Waals surface area contributed by atoms with Crippen LogP contribution in [0.5, 0.6) is 0 Å². The number of likely N-dealkylation sites (tertiary alicyclic amines) is 1. The van der Waals surface area contributed by atoms with Gasteiger partial charge in [0.1, 0.15) is 0 Å². The van der Waals surface area contributed by atoms with Gasteiger partial charge >= 0.3 is 6.09 Å². The number of rotatable bonds is 2. The highest BCUT2D eigenvalue weighted by Crippen LogP contribution is 2.46. The molecule has 1 heterocycles. The van der Waals surface area contributed by atoms with E-state index >= 15 is 0 Å². The van der Waals surface area contributed by atoms with Crippen LogP contribution < -0.4 is 5.32 Å². The van der Waals surface area contributed by atoms with Gasteiger partial charge in [0.25, 0.3) is 5.92 Å². The molecule has 1 saturated heterocycles. The molecule has 4 nitrogen and oxygen atoms in total. The molecule has 2 unspecified atom stereocenters. The lowest BCUT2D eigenvalue weighted by molar-refractivity contribution is -0.0485. The van der Waals surface area contributed by atoms with Crippen molar-refractivity contribution in [3.05, 3.63) is 0 Å². The molecule has 1 aliphatic carbocycles. The summed E-state index contributed by atoms with van der Waals surface area (Å²) in [4.78, 5) is 12.4. The average Bonchev–Trinajstić information content (AvgIpc) is 2.52. The fourth-order valence-corrected chi connectivity index (χ4v) is 2.94. The number of carboxylic acid groups (broad SMARTS) is 1. The lowest BCUT2D eigenvalue weighted by Crippen LogP contribution is -2.66. The molecule has 2 N–H and O–H groups in total. The van der Waals surface area contributed by atoms with E-state index in [-0.39, 0.29) is 30.5 Å². The second kappa shape index (κ2) is 3.80. The van der Waals surface area contributed by atoms with Gasteiger partial charge in [-0.25, -0.2) is 13.6 Å². The number of hydrogen-bond acceptors (Lipinski definition) is 2. The van der Waals surface area contributed by atoms with E-state index in [1.54, 1.807) is 4.90 Å². The van der Waals surface area contributed by atoms with Crippen LogP contribution in [0.1, 0.15) is 26.7 Å². The number of halogens is 2. The van der Waals surface area contributed by atoms with Crippen LogP contribution in [0.4, 0.5) is 13.6 Å². The van der Waals surface area contributed by atoms with E-state index in [2.05, 4.69) is 5.32 Å². The van der Waals surface area contributed by atoms with Crippen molar-refractivity contribution in [2.45, 2.75) is 44.7 Å². The van der Waals surface area contributed by atoms with Gasteiger partial charge in [-0.1, -0.05) is 13.8 Å². The van der Waals surface area contributed by atoms with Crippen molar-refractivity contribution in [1.82, 2.24) is 10.2 Å². The molecule has 0 bridgehead atoms. The Balaban J connectivity index is 1.96. The van der Waals surface area contributed by atoms with Crippen molar-refractivity contribution in [3.8, 4) is 0 Å². The molecule has 2 atom stereocenters. The van der Waals surface area contributed by atoms with Crippen molar-refractivity contribution in [2.24, 2.45) is 5.41 Å². The third-order valence-corrected chi connectivity index (χ3v) is 4.15. The van der Waals surface area contributed by atoms with Crippen molar-refractivity contribution in [2.75, 3.05) is 13.1 Å². The second-order valence-electron chi connectivity index (χ2n) is 5.65. The average molecular weight is 248 g/mol. The monoisotopic (exact) mass is 248 g/mol. The fraction of sp³-hybridized carbons (Fsp3) is 0.909. The summed E-state index contributed by atoms with van der Waals surface area (Å²) in [5, 5.41) is 11.1. The molecule has 2 aliphatic rings. The summed E-state index contributed by atoms with van der Waals surface area (Å²) in [6, 6.07) is -0.0908. The van der Waals surface area contributed by atoms with Gasteiger partial charge in [0.2, 0.25) is 0 Å². The van der Waals surface area contributed by atoms with Gasteiger partial charge in [-0.2, -0.15) is 0 Å². The van der Waals surface area contributed by atoms with Gasteiger partial charge in [0.05, 0.1) is 6.54 Å². The Morgan fingerprint density at radius 1 is 1.47 bits per heavy atom. The highest BCUT2D eigenvalue weighted by Gasteiger charge is 2.54. The summed E-state index contributed by atoms with van der Waals surface area (Å²) >= 11 is 0. The zero-order valence-corrected chi connectivity index (χ0v) is 10.0.